The molecule has 18 heavy (non-hydrogen) atoms. The molecule has 0 bridgehead atoms. The van der Waals surface area contributed by atoms with E-state index in [0.717, 1.165) is 6.08 Å². The van der Waals surface area contributed by atoms with E-state index in [0.29, 0.717) is 18.8 Å². The minimum Gasteiger partial charge on any atom is -0.498 e. The molecule has 0 heterocycles. The van der Waals surface area contributed by atoms with Gasteiger partial charge in [-0.2, -0.15) is 0 Å². The Bertz CT molecular complexity index is 341. The van der Waals surface area contributed by atoms with Crippen molar-refractivity contribution < 1.29 is 19.0 Å². The fraction of sp³-hybridized carbons (Fsp3) is 0.357. The number of allylic oxidation sites excluding steroid dienone is 4. The second-order valence-electron chi connectivity index (χ2n) is 3.13. The van der Waals surface area contributed by atoms with Crippen LogP contribution in [0.4, 0.5) is 4.39 Å². The number of carbonyl (C=O) groups is 1. The van der Waals surface area contributed by atoms with Gasteiger partial charge in [0.15, 0.2) is 0 Å². The van der Waals surface area contributed by atoms with Crippen LogP contribution in [-0.2, 0) is 9.53 Å². The van der Waals surface area contributed by atoms with Gasteiger partial charge < -0.3 is 9.84 Å². The van der Waals surface area contributed by atoms with Crippen LogP contribution in [0.1, 0.15) is 27.2 Å². The van der Waals surface area contributed by atoms with Gasteiger partial charge in [0.25, 0.3) is 0 Å². The third kappa shape index (κ3) is 9.39. The molecule has 1 N–H and O–H groups in total. The minimum atomic E-state index is -1.37. The van der Waals surface area contributed by atoms with Crippen molar-refractivity contribution in [1.82, 2.24) is 0 Å². The summed E-state index contributed by atoms with van der Waals surface area (Å²) in [5.74, 6) is -1.63. The Morgan fingerprint density at radius 3 is 2.22 bits per heavy atom. The summed E-state index contributed by atoms with van der Waals surface area (Å²) < 4.78 is 18.2. The number of hydrogen-bond acceptors (Lipinski definition) is 2. The zero-order valence-corrected chi connectivity index (χ0v) is 11.2. The van der Waals surface area contributed by atoms with Gasteiger partial charge in [0.05, 0.1) is 17.9 Å². The van der Waals surface area contributed by atoms with Gasteiger partial charge in [0.1, 0.15) is 5.83 Å². The van der Waals surface area contributed by atoms with Crippen molar-refractivity contribution in [3.63, 3.8) is 0 Å². The molecule has 0 radical (unpaired) electrons. The number of halogens is 1. The molecule has 102 valence electrons. The van der Waals surface area contributed by atoms with Crippen LogP contribution in [0.2, 0.25) is 0 Å². The lowest BCUT2D eigenvalue weighted by molar-refractivity contribution is -0.132. The molecule has 0 amide bonds. The highest BCUT2D eigenvalue weighted by atomic mass is 19.1. The first-order valence-corrected chi connectivity index (χ1v) is 5.63. The van der Waals surface area contributed by atoms with Crippen molar-refractivity contribution in [3.05, 3.63) is 48.5 Å². The van der Waals surface area contributed by atoms with E-state index in [-0.39, 0.29) is 0 Å². The molecule has 0 aromatic heterocycles. The molecule has 3 nitrogen and oxygen atoms in total. The molecule has 0 fully saturated rings. The highest BCUT2D eigenvalue weighted by Crippen LogP contribution is 2.11. The van der Waals surface area contributed by atoms with E-state index in [2.05, 4.69) is 13.2 Å². The van der Waals surface area contributed by atoms with Crippen LogP contribution < -0.4 is 0 Å². The molecule has 4 heteroatoms. The summed E-state index contributed by atoms with van der Waals surface area (Å²) >= 11 is 0. The average molecular weight is 256 g/mol. The average Bonchev–Trinajstić information content (AvgIpc) is 2.33. The smallest absolute Gasteiger partial charge is 0.338 e. The number of carboxylic acids is 1. The van der Waals surface area contributed by atoms with E-state index in [1.807, 2.05) is 20.8 Å². The maximum Gasteiger partial charge on any atom is 0.338 e. The van der Waals surface area contributed by atoms with Crippen molar-refractivity contribution >= 4 is 5.97 Å². The Labute approximate surface area is 108 Å². The van der Waals surface area contributed by atoms with Gasteiger partial charge in [0.2, 0.25) is 0 Å². The SMILES string of the molecule is C=C(C(=O)O)/C(F)=C\C=C(/CC)OCC.C=CC. The first kappa shape index (κ1) is 18.5. The minimum absolute atomic E-state index is 0.495. The van der Waals surface area contributed by atoms with Crippen molar-refractivity contribution in [3.8, 4) is 0 Å². The molecule has 0 aliphatic heterocycles. The van der Waals surface area contributed by atoms with E-state index in [1.165, 1.54) is 6.08 Å². The Hall–Kier alpha value is -1.84. The van der Waals surface area contributed by atoms with Crippen LogP contribution in [0.25, 0.3) is 0 Å². The number of carboxylic acid groups (broad SMARTS) is 1. The fourth-order valence-electron chi connectivity index (χ4n) is 0.822. The first-order valence-electron chi connectivity index (χ1n) is 5.63. The van der Waals surface area contributed by atoms with E-state index >= 15 is 0 Å². The van der Waals surface area contributed by atoms with E-state index < -0.39 is 17.4 Å². The molecule has 0 atom stereocenters. The van der Waals surface area contributed by atoms with Gasteiger partial charge in [-0.05, 0) is 26.0 Å². The second-order valence-corrected chi connectivity index (χ2v) is 3.13. The number of aliphatic carboxylic acids is 1. The van der Waals surface area contributed by atoms with Crippen LogP contribution in [-0.4, -0.2) is 17.7 Å². The molecular weight excluding hydrogens is 235 g/mol. The highest BCUT2D eigenvalue weighted by molar-refractivity contribution is 5.90. The lowest BCUT2D eigenvalue weighted by Crippen LogP contribution is -1.99. The number of hydrogen-bond donors (Lipinski definition) is 1. The Morgan fingerprint density at radius 2 is 1.89 bits per heavy atom. The zero-order chi connectivity index (χ0) is 14.6. The predicted molar refractivity (Wildman–Crippen MR) is 71.8 cm³/mol. The molecule has 0 aliphatic rings. The lowest BCUT2D eigenvalue weighted by atomic mass is 10.2. The molecule has 0 spiro atoms. The Morgan fingerprint density at radius 1 is 1.39 bits per heavy atom. The van der Waals surface area contributed by atoms with Crippen LogP contribution >= 0.6 is 0 Å². The molecule has 0 saturated heterocycles. The van der Waals surface area contributed by atoms with E-state index in [4.69, 9.17) is 9.84 Å². The normalized spacial score (nSPS) is 11.1. The van der Waals surface area contributed by atoms with E-state index in [1.54, 1.807) is 6.08 Å². The zero-order valence-electron chi connectivity index (χ0n) is 11.2. The third-order valence-corrected chi connectivity index (χ3v) is 1.64. The van der Waals surface area contributed by atoms with Gasteiger partial charge in [0, 0.05) is 6.42 Å². The van der Waals surface area contributed by atoms with Crippen LogP contribution in [0, 0.1) is 0 Å². The summed E-state index contributed by atoms with van der Waals surface area (Å²) in [7, 11) is 0. The molecular formula is C14H21FO3. The molecule has 0 rings (SSSR count). The van der Waals surface area contributed by atoms with Crippen LogP contribution in [0.3, 0.4) is 0 Å². The maximum atomic E-state index is 13.1. The summed E-state index contributed by atoms with van der Waals surface area (Å²) in [4.78, 5) is 10.3. The van der Waals surface area contributed by atoms with E-state index in [9.17, 15) is 9.18 Å². The van der Waals surface area contributed by atoms with Crippen molar-refractivity contribution in [2.75, 3.05) is 6.61 Å². The quantitative estimate of drug-likeness (QED) is 0.338. The summed E-state index contributed by atoms with van der Waals surface area (Å²) in [6.45, 7) is 12.5. The molecule has 0 aliphatic carbocycles. The highest BCUT2D eigenvalue weighted by Gasteiger charge is 2.08. The van der Waals surface area contributed by atoms with Crippen LogP contribution in [0.5, 0.6) is 0 Å². The number of rotatable bonds is 6. The monoisotopic (exact) mass is 256 g/mol. The maximum absolute atomic E-state index is 13.1. The first-order chi connectivity index (χ1) is 8.44. The molecule has 0 aromatic carbocycles. The predicted octanol–water partition coefficient (Wildman–Crippen LogP) is 4.00. The summed E-state index contributed by atoms with van der Waals surface area (Å²) in [5.41, 5.74) is -0.557. The van der Waals surface area contributed by atoms with Crippen molar-refractivity contribution in [2.45, 2.75) is 27.2 Å². The fourth-order valence-corrected chi connectivity index (χ4v) is 0.822. The Balaban J connectivity index is 0. The summed E-state index contributed by atoms with van der Waals surface area (Å²) in [6.07, 6.45) is 4.83. The number of ether oxygens (including phenoxy) is 1. The third-order valence-electron chi connectivity index (χ3n) is 1.64. The van der Waals surface area contributed by atoms with Gasteiger partial charge >= 0.3 is 5.97 Å². The summed E-state index contributed by atoms with van der Waals surface area (Å²) in [6, 6.07) is 0. The largest absolute Gasteiger partial charge is 0.498 e. The topological polar surface area (TPSA) is 46.5 Å². The molecule has 0 saturated carbocycles. The van der Waals surface area contributed by atoms with Gasteiger partial charge in [-0.25, -0.2) is 9.18 Å². The standard InChI is InChI=1S/C11H15FO3.C3H6/c1-4-9(15-5-2)6-7-10(12)8(3)11(13)14;1-3-2/h6-7H,3-5H2,1-2H3,(H,13,14);3H,1H2,2H3/b9-6+,10-7+;. The van der Waals surface area contributed by atoms with Crippen molar-refractivity contribution in [1.29, 1.82) is 0 Å². The van der Waals surface area contributed by atoms with Gasteiger partial charge in [-0.3, -0.25) is 0 Å². The molecule has 0 unspecified atom stereocenters. The molecule has 0 aromatic rings. The summed E-state index contributed by atoms with van der Waals surface area (Å²) in [5, 5.41) is 8.45. The second kappa shape index (κ2) is 11.6. The van der Waals surface area contributed by atoms with Gasteiger partial charge in [-0.1, -0.05) is 19.6 Å². The lowest BCUT2D eigenvalue weighted by Gasteiger charge is -2.03. The van der Waals surface area contributed by atoms with Gasteiger partial charge in [-0.15, -0.1) is 6.58 Å². The van der Waals surface area contributed by atoms with Crippen molar-refractivity contribution in [2.24, 2.45) is 0 Å². The Kier molecular flexibility index (Phi) is 12.0. The van der Waals surface area contributed by atoms with Crippen LogP contribution in [0.15, 0.2) is 48.5 Å².